The van der Waals surface area contributed by atoms with Gasteiger partial charge in [0.2, 0.25) is 0 Å². The van der Waals surface area contributed by atoms with Gasteiger partial charge in [0.25, 0.3) is 0 Å². The maximum atomic E-state index is 13.1. The van der Waals surface area contributed by atoms with Gasteiger partial charge in [-0.25, -0.2) is 4.98 Å². The van der Waals surface area contributed by atoms with E-state index in [9.17, 15) is 13.2 Å². The number of aromatic nitrogens is 1. The van der Waals surface area contributed by atoms with Crippen molar-refractivity contribution >= 4 is 11.5 Å². The third-order valence-corrected chi connectivity index (χ3v) is 3.48. The first-order valence-electron chi connectivity index (χ1n) is 6.71. The van der Waals surface area contributed by atoms with Crippen LogP contribution in [-0.4, -0.2) is 56.3 Å². The van der Waals surface area contributed by atoms with E-state index >= 15 is 0 Å². The van der Waals surface area contributed by atoms with Gasteiger partial charge in [-0.1, -0.05) is 0 Å². The average molecular weight is 304 g/mol. The molecule has 1 fully saturated rings. The third kappa shape index (κ3) is 3.98. The van der Waals surface area contributed by atoms with E-state index in [2.05, 4.69) is 9.88 Å². The molecule has 1 aromatic rings. The number of nitrogens with two attached hydrogens (primary N) is 1. The Morgan fingerprint density at radius 2 is 1.95 bits per heavy atom. The molecular weight excluding hydrogens is 285 g/mol. The van der Waals surface area contributed by atoms with E-state index in [4.69, 9.17) is 10.5 Å². The second kappa shape index (κ2) is 6.48. The zero-order valence-corrected chi connectivity index (χ0v) is 11.9. The van der Waals surface area contributed by atoms with Gasteiger partial charge in [-0.05, 0) is 6.07 Å². The lowest BCUT2D eigenvalue weighted by atomic mass is 10.2. The summed E-state index contributed by atoms with van der Waals surface area (Å²) in [4.78, 5) is 7.71. The molecule has 2 heterocycles. The molecule has 0 spiro atoms. The molecule has 2 rings (SSSR count). The zero-order valence-electron chi connectivity index (χ0n) is 11.9. The topological polar surface area (TPSA) is 54.6 Å². The Morgan fingerprint density at radius 3 is 2.52 bits per heavy atom. The third-order valence-electron chi connectivity index (χ3n) is 3.48. The van der Waals surface area contributed by atoms with Crippen LogP contribution in [0.15, 0.2) is 12.3 Å². The molecule has 0 unspecified atom stereocenters. The van der Waals surface area contributed by atoms with Crippen molar-refractivity contribution in [1.82, 2.24) is 9.88 Å². The summed E-state index contributed by atoms with van der Waals surface area (Å²) < 4.78 is 44.2. The summed E-state index contributed by atoms with van der Waals surface area (Å²) in [7, 11) is 1.63. The molecule has 8 heteroatoms. The SMILES string of the molecule is COCCN1CCN(c2ncc(N)cc2C(F)(F)F)CC1. The lowest BCUT2D eigenvalue weighted by Crippen LogP contribution is -2.48. The Balaban J connectivity index is 2.10. The Labute approximate surface area is 121 Å². The largest absolute Gasteiger partial charge is 0.420 e. The number of nitrogen functional groups attached to an aromatic ring is 1. The highest BCUT2D eigenvalue weighted by molar-refractivity contribution is 5.55. The first-order valence-corrected chi connectivity index (χ1v) is 6.71. The van der Waals surface area contributed by atoms with Crippen molar-refractivity contribution in [2.75, 3.05) is 57.1 Å². The van der Waals surface area contributed by atoms with Gasteiger partial charge in [0.1, 0.15) is 11.4 Å². The summed E-state index contributed by atoms with van der Waals surface area (Å²) in [6.45, 7) is 3.78. The molecule has 0 radical (unpaired) electrons. The maximum Gasteiger partial charge on any atom is 0.420 e. The van der Waals surface area contributed by atoms with Crippen LogP contribution in [0.3, 0.4) is 0 Å². The number of nitrogens with zero attached hydrogens (tertiary/aromatic N) is 3. The van der Waals surface area contributed by atoms with Crippen molar-refractivity contribution in [2.45, 2.75) is 6.18 Å². The van der Waals surface area contributed by atoms with Crippen LogP contribution in [0.4, 0.5) is 24.7 Å². The van der Waals surface area contributed by atoms with Crippen molar-refractivity contribution in [3.63, 3.8) is 0 Å². The van der Waals surface area contributed by atoms with Crippen LogP contribution < -0.4 is 10.6 Å². The van der Waals surface area contributed by atoms with E-state index in [0.717, 1.165) is 12.6 Å². The van der Waals surface area contributed by atoms with Crippen LogP contribution in [0.1, 0.15) is 5.56 Å². The summed E-state index contributed by atoms with van der Waals surface area (Å²) in [6.07, 6.45) is -3.19. The Kier molecular flexibility index (Phi) is 4.89. The van der Waals surface area contributed by atoms with Gasteiger partial charge in [-0.2, -0.15) is 13.2 Å². The van der Waals surface area contributed by atoms with Gasteiger partial charge < -0.3 is 15.4 Å². The lowest BCUT2D eigenvalue weighted by molar-refractivity contribution is -0.137. The normalized spacial score (nSPS) is 17.2. The average Bonchev–Trinajstić information content (AvgIpc) is 2.45. The molecule has 1 aromatic heterocycles. The summed E-state index contributed by atoms with van der Waals surface area (Å²) >= 11 is 0. The van der Waals surface area contributed by atoms with Crippen LogP contribution in [0.25, 0.3) is 0 Å². The molecule has 0 aromatic carbocycles. The summed E-state index contributed by atoms with van der Waals surface area (Å²) in [5, 5.41) is 0. The minimum atomic E-state index is -4.45. The van der Waals surface area contributed by atoms with E-state index < -0.39 is 11.7 Å². The molecule has 5 nitrogen and oxygen atoms in total. The van der Waals surface area contributed by atoms with E-state index in [1.165, 1.54) is 6.20 Å². The maximum absolute atomic E-state index is 13.1. The minimum Gasteiger partial charge on any atom is -0.397 e. The lowest BCUT2D eigenvalue weighted by Gasteiger charge is -2.36. The highest BCUT2D eigenvalue weighted by atomic mass is 19.4. The van der Waals surface area contributed by atoms with Crippen LogP contribution in [0, 0.1) is 0 Å². The molecule has 1 aliphatic heterocycles. The standard InChI is InChI=1S/C13H19F3N4O/c1-21-7-6-19-2-4-20(5-3-19)12-11(13(14,15)16)8-10(17)9-18-12/h8-9H,2-7,17H2,1H3. The fourth-order valence-electron chi connectivity index (χ4n) is 2.34. The molecule has 0 amide bonds. The number of pyridine rings is 1. The van der Waals surface area contributed by atoms with Crippen LogP contribution >= 0.6 is 0 Å². The first kappa shape index (κ1) is 15.8. The predicted molar refractivity (Wildman–Crippen MR) is 74.2 cm³/mol. The monoisotopic (exact) mass is 304 g/mol. The summed E-state index contributed by atoms with van der Waals surface area (Å²) in [5.74, 6) is -0.0388. The highest BCUT2D eigenvalue weighted by Gasteiger charge is 2.36. The van der Waals surface area contributed by atoms with Crippen LogP contribution in [0.2, 0.25) is 0 Å². The molecule has 21 heavy (non-hydrogen) atoms. The molecule has 2 N–H and O–H groups in total. The smallest absolute Gasteiger partial charge is 0.397 e. The van der Waals surface area contributed by atoms with E-state index in [1.54, 1.807) is 12.0 Å². The van der Waals surface area contributed by atoms with Gasteiger partial charge in [0.05, 0.1) is 18.5 Å². The van der Waals surface area contributed by atoms with Gasteiger partial charge in [0, 0.05) is 39.8 Å². The van der Waals surface area contributed by atoms with Crippen molar-refractivity contribution in [2.24, 2.45) is 0 Å². The number of rotatable bonds is 4. The van der Waals surface area contributed by atoms with Crippen LogP contribution in [-0.2, 0) is 10.9 Å². The summed E-state index contributed by atoms with van der Waals surface area (Å²) in [5.41, 5.74) is 4.68. The second-order valence-corrected chi connectivity index (χ2v) is 4.96. The second-order valence-electron chi connectivity index (χ2n) is 4.96. The van der Waals surface area contributed by atoms with Crippen molar-refractivity contribution in [1.29, 1.82) is 0 Å². The number of hydrogen-bond donors (Lipinski definition) is 1. The number of anilines is 2. The summed E-state index contributed by atoms with van der Waals surface area (Å²) in [6, 6.07) is 0.944. The van der Waals surface area contributed by atoms with Gasteiger partial charge in [0.15, 0.2) is 0 Å². The van der Waals surface area contributed by atoms with E-state index in [1.807, 2.05) is 0 Å². The van der Waals surface area contributed by atoms with Crippen molar-refractivity contribution in [3.8, 4) is 0 Å². The Hall–Kier alpha value is -1.54. The Bertz CT molecular complexity index is 473. The molecule has 0 saturated carbocycles. The fourth-order valence-corrected chi connectivity index (χ4v) is 2.34. The number of hydrogen-bond acceptors (Lipinski definition) is 5. The predicted octanol–water partition coefficient (Wildman–Crippen LogP) is 1.45. The van der Waals surface area contributed by atoms with E-state index in [0.29, 0.717) is 32.8 Å². The molecular formula is C13H19F3N4O. The van der Waals surface area contributed by atoms with Crippen molar-refractivity contribution in [3.05, 3.63) is 17.8 Å². The van der Waals surface area contributed by atoms with Crippen LogP contribution in [0.5, 0.6) is 0 Å². The number of halogens is 3. The van der Waals surface area contributed by atoms with Crippen molar-refractivity contribution < 1.29 is 17.9 Å². The van der Waals surface area contributed by atoms with Gasteiger partial charge in [-0.3, -0.25) is 4.90 Å². The zero-order chi connectivity index (χ0) is 15.5. The number of alkyl halides is 3. The minimum absolute atomic E-state index is 0.0183. The molecule has 1 aliphatic rings. The number of ether oxygens (including phenoxy) is 1. The quantitative estimate of drug-likeness (QED) is 0.912. The van der Waals surface area contributed by atoms with Gasteiger partial charge in [-0.15, -0.1) is 0 Å². The number of methoxy groups -OCH3 is 1. The Morgan fingerprint density at radius 1 is 1.29 bits per heavy atom. The molecule has 0 atom stereocenters. The molecule has 0 bridgehead atoms. The highest BCUT2D eigenvalue weighted by Crippen LogP contribution is 2.36. The molecule has 1 saturated heterocycles. The molecule has 0 aliphatic carbocycles. The molecule has 118 valence electrons. The first-order chi connectivity index (χ1) is 9.91. The van der Waals surface area contributed by atoms with Gasteiger partial charge >= 0.3 is 6.18 Å². The van der Waals surface area contributed by atoms with E-state index in [-0.39, 0.29) is 11.5 Å². The fraction of sp³-hybridized carbons (Fsp3) is 0.615. The number of piperazine rings is 1.